The molecule has 0 spiro atoms. The van der Waals surface area contributed by atoms with Gasteiger partial charge in [0.25, 0.3) is 0 Å². The number of fused-ring (bicyclic) bond motifs is 1. The van der Waals surface area contributed by atoms with E-state index < -0.39 is 0 Å². The van der Waals surface area contributed by atoms with Crippen molar-refractivity contribution in [2.24, 2.45) is 0 Å². The summed E-state index contributed by atoms with van der Waals surface area (Å²) in [6, 6.07) is 9.91. The Kier molecular flexibility index (Phi) is 4.81. The summed E-state index contributed by atoms with van der Waals surface area (Å²) in [6.45, 7) is 1.50. The van der Waals surface area contributed by atoms with Gasteiger partial charge in [-0.1, -0.05) is 36.2 Å². The zero-order valence-electron chi connectivity index (χ0n) is 12.2. The second-order valence-corrected chi connectivity index (χ2v) is 5.87. The molecular weight excluding hydrogens is 284 g/mol. The van der Waals surface area contributed by atoms with Crippen LogP contribution in [0.25, 0.3) is 0 Å². The summed E-state index contributed by atoms with van der Waals surface area (Å²) >= 11 is 6.47. The molecule has 112 valence electrons. The molecule has 0 unspecified atom stereocenters. The van der Waals surface area contributed by atoms with Crippen molar-refractivity contribution in [2.45, 2.75) is 45.1 Å². The predicted molar refractivity (Wildman–Crippen MR) is 85.1 cm³/mol. The molecule has 1 heterocycles. The second-order valence-electron chi connectivity index (χ2n) is 5.51. The van der Waals surface area contributed by atoms with E-state index in [4.69, 9.17) is 16.3 Å². The Hall–Kier alpha value is -1.48. The minimum absolute atomic E-state index is 0.685. The van der Waals surface area contributed by atoms with Crippen molar-refractivity contribution < 1.29 is 4.74 Å². The smallest absolute Gasteiger partial charge is 0.130 e. The van der Waals surface area contributed by atoms with Crippen molar-refractivity contribution in [1.29, 1.82) is 0 Å². The maximum absolute atomic E-state index is 6.47. The van der Waals surface area contributed by atoms with Gasteiger partial charge in [-0.15, -0.1) is 0 Å². The predicted octanol–water partition coefficient (Wildman–Crippen LogP) is 4.27. The zero-order valence-corrected chi connectivity index (χ0v) is 13.0. The molecule has 0 bridgehead atoms. The van der Waals surface area contributed by atoms with Gasteiger partial charge in [-0.25, -0.2) is 0 Å². The third kappa shape index (κ3) is 3.59. The van der Waals surface area contributed by atoms with E-state index in [0.717, 1.165) is 36.7 Å². The van der Waals surface area contributed by atoms with Gasteiger partial charge >= 0.3 is 0 Å². The van der Waals surface area contributed by atoms with Crippen molar-refractivity contribution >= 4 is 11.6 Å². The summed E-state index contributed by atoms with van der Waals surface area (Å²) in [5.74, 6) is 0.917. The van der Waals surface area contributed by atoms with Gasteiger partial charge in [0, 0.05) is 18.5 Å². The molecule has 2 aromatic rings. The van der Waals surface area contributed by atoms with Crippen LogP contribution in [0.2, 0.25) is 5.15 Å². The molecule has 0 fully saturated rings. The maximum atomic E-state index is 6.47. The maximum Gasteiger partial charge on any atom is 0.130 e. The van der Waals surface area contributed by atoms with E-state index in [1.807, 2.05) is 35.0 Å². The molecule has 4 heteroatoms. The van der Waals surface area contributed by atoms with Gasteiger partial charge in [-0.05, 0) is 37.8 Å². The van der Waals surface area contributed by atoms with Crippen LogP contribution in [0.5, 0.6) is 5.75 Å². The number of benzene rings is 1. The van der Waals surface area contributed by atoms with Crippen molar-refractivity contribution in [3.8, 4) is 5.75 Å². The van der Waals surface area contributed by atoms with Crippen LogP contribution in [-0.4, -0.2) is 16.4 Å². The largest absolute Gasteiger partial charge is 0.494 e. The molecule has 0 atom stereocenters. The first-order valence-electron chi connectivity index (χ1n) is 7.76. The van der Waals surface area contributed by atoms with Gasteiger partial charge in [0.1, 0.15) is 10.9 Å². The molecular formula is C17H21ClN2O. The van der Waals surface area contributed by atoms with Crippen molar-refractivity contribution in [3.05, 3.63) is 46.7 Å². The lowest BCUT2D eigenvalue weighted by Crippen LogP contribution is -2.06. The summed E-state index contributed by atoms with van der Waals surface area (Å²) in [7, 11) is 0. The molecule has 0 aliphatic heterocycles. The molecule has 1 aliphatic carbocycles. The van der Waals surface area contributed by atoms with Gasteiger partial charge in [0.15, 0.2) is 0 Å². The molecule has 1 aromatic carbocycles. The quantitative estimate of drug-likeness (QED) is 0.609. The molecule has 3 rings (SSSR count). The molecule has 0 saturated heterocycles. The van der Waals surface area contributed by atoms with E-state index in [1.54, 1.807) is 0 Å². The number of hydrogen-bond donors (Lipinski definition) is 0. The number of nitrogens with zero attached hydrogens (tertiary/aromatic N) is 2. The Morgan fingerprint density at radius 3 is 2.76 bits per heavy atom. The van der Waals surface area contributed by atoms with Crippen molar-refractivity contribution in [3.63, 3.8) is 0 Å². The van der Waals surface area contributed by atoms with E-state index in [-0.39, 0.29) is 0 Å². The third-order valence-electron chi connectivity index (χ3n) is 3.93. The minimum Gasteiger partial charge on any atom is -0.494 e. The molecule has 0 amide bonds. The molecule has 0 N–H and O–H groups in total. The van der Waals surface area contributed by atoms with E-state index in [1.165, 1.54) is 30.5 Å². The average Bonchev–Trinajstić information content (AvgIpc) is 2.69. The Morgan fingerprint density at radius 2 is 1.90 bits per heavy atom. The summed E-state index contributed by atoms with van der Waals surface area (Å²) in [5, 5.41) is 5.52. The van der Waals surface area contributed by atoms with Gasteiger partial charge in [-0.3, -0.25) is 4.68 Å². The number of aromatic nitrogens is 2. The number of rotatable bonds is 5. The highest BCUT2D eigenvalue weighted by molar-refractivity contribution is 6.30. The van der Waals surface area contributed by atoms with Crippen LogP contribution < -0.4 is 4.74 Å². The summed E-state index contributed by atoms with van der Waals surface area (Å²) in [6.07, 6.45) is 6.82. The lowest BCUT2D eigenvalue weighted by molar-refractivity contribution is 0.298. The molecule has 21 heavy (non-hydrogen) atoms. The highest BCUT2D eigenvalue weighted by Gasteiger charge is 2.17. The van der Waals surface area contributed by atoms with Crippen molar-refractivity contribution in [1.82, 2.24) is 9.78 Å². The SMILES string of the molecule is Clc1c2c(nn1CCCOc1ccccc1)CCCCC2. The molecule has 1 aromatic heterocycles. The Balaban J connectivity index is 1.54. The number of ether oxygens (including phenoxy) is 1. The standard InChI is InChI=1S/C17H21ClN2O/c18-17-15-10-5-2-6-11-16(15)19-20(17)12-7-13-21-14-8-3-1-4-9-14/h1,3-4,8-9H,2,5-7,10-13H2. The number of aryl methyl sites for hydroxylation is 2. The fourth-order valence-electron chi connectivity index (χ4n) is 2.81. The normalized spacial score (nSPS) is 14.5. The topological polar surface area (TPSA) is 27.1 Å². The third-order valence-corrected chi connectivity index (χ3v) is 4.36. The summed E-state index contributed by atoms with van der Waals surface area (Å²) in [4.78, 5) is 0. The summed E-state index contributed by atoms with van der Waals surface area (Å²) in [5.41, 5.74) is 2.49. The Bertz CT molecular complexity index is 580. The van der Waals surface area contributed by atoms with Crippen LogP contribution in [0.1, 0.15) is 36.9 Å². The van der Waals surface area contributed by atoms with Gasteiger partial charge in [-0.2, -0.15) is 5.10 Å². The lowest BCUT2D eigenvalue weighted by atomic mass is 10.1. The van der Waals surface area contributed by atoms with Crippen LogP contribution in [0.4, 0.5) is 0 Å². The number of para-hydroxylation sites is 1. The lowest BCUT2D eigenvalue weighted by Gasteiger charge is -2.07. The molecule has 1 aliphatic rings. The Labute approximate surface area is 130 Å². The van der Waals surface area contributed by atoms with E-state index in [2.05, 4.69) is 5.10 Å². The molecule has 3 nitrogen and oxygen atoms in total. The monoisotopic (exact) mass is 304 g/mol. The first-order valence-corrected chi connectivity index (χ1v) is 8.14. The minimum atomic E-state index is 0.685. The van der Waals surface area contributed by atoms with Gasteiger partial charge < -0.3 is 4.74 Å². The average molecular weight is 305 g/mol. The molecule has 0 saturated carbocycles. The van der Waals surface area contributed by atoms with Gasteiger partial charge in [0.05, 0.1) is 12.3 Å². The fraction of sp³-hybridized carbons (Fsp3) is 0.471. The second kappa shape index (κ2) is 6.99. The highest BCUT2D eigenvalue weighted by atomic mass is 35.5. The van der Waals surface area contributed by atoms with E-state index in [9.17, 15) is 0 Å². The van der Waals surface area contributed by atoms with Crippen LogP contribution in [0.15, 0.2) is 30.3 Å². The first kappa shape index (κ1) is 14.5. The van der Waals surface area contributed by atoms with Crippen LogP contribution in [0.3, 0.4) is 0 Å². The zero-order chi connectivity index (χ0) is 14.5. The van der Waals surface area contributed by atoms with Crippen LogP contribution in [0, 0.1) is 0 Å². The fourth-order valence-corrected chi connectivity index (χ4v) is 3.14. The number of halogens is 1. The Morgan fingerprint density at radius 1 is 1.10 bits per heavy atom. The van der Waals surface area contributed by atoms with Crippen LogP contribution in [-0.2, 0) is 19.4 Å². The molecule has 0 radical (unpaired) electrons. The first-order chi connectivity index (χ1) is 10.3. The van der Waals surface area contributed by atoms with E-state index in [0.29, 0.717) is 6.61 Å². The summed E-state index contributed by atoms with van der Waals surface area (Å²) < 4.78 is 7.66. The highest BCUT2D eigenvalue weighted by Crippen LogP contribution is 2.27. The number of hydrogen-bond acceptors (Lipinski definition) is 2. The van der Waals surface area contributed by atoms with Crippen LogP contribution >= 0.6 is 11.6 Å². The van der Waals surface area contributed by atoms with E-state index >= 15 is 0 Å². The van der Waals surface area contributed by atoms with Gasteiger partial charge in [0.2, 0.25) is 0 Å². The van der Waals surface area contributed by atoms with Crippen molar-refractivity contribution in [2.75, 3.05) is 6.61 Å².